The van der Waals surface area contributed by atoms with Gasteiger partial charge in [-0.25, -0.2) is 0 Å². The van der Waals surface area contributed by atoms with Gasteiger partial charge in [0.2, 0.25) is 0 Å². The second-order valence-corrected chi connectivity index (χ2v) is 3.98. The largest absolute Gasteiger partial charge is 0.306 e. The Morgan fingerprint density at radius 2 is 2.06 bits per heavy atom. The third kappa shape index (κ3) is 2.97. The average Bonchev–Trinajstić information content (AvgIpc) is 2.38. The molecule has 1 aliphatic rings. The lowest BCUT2D eigenvalue weighted by molar-refractivity contribution is -0.123. The first-order valence-electron chi connectivity index (χ1n) is 5.70. The molecule has 0 unspecified atom stereocenters. The predicted octanol–water partition coefficient (Wildman–Crippen LogP) is 1.27. The van der Waals surface area contributed by atoms with Gasteiger partial charge in [-0.05, 0) is 31.5 Å². The Morgan fingerprint density at radius 1 is 1.25 bits per heavy atom. The number of para-hydroxylation sites is 1. The summed E-state index contributed by atoms with van der Waals surface area (Å²) in [7, 11) is 0. The number of rotatable bonds is 3. The SMILES string of the molecule is O=C(NNc1ccccc1)[C@H]1CCCCN1. The zero-order valence-corrected chi connectivity index (χ0v) is 9.20. The summed E-state index contributed by atoms with van der Waals surface area (Å²) in [5.41, 5.74) is 6.51. The van der Waals surface area contributed by atoms with Gasteiger partial charge in [0.15, 0.2) is 0 Å². The molecule has 0 spiro atoms. The summed E-state index contributed by atoms with van der Waals surface area (Å²) in [4.78, 5) is 11.7. The Bertz CT molecular complexity index is 333. The first-order chi connectivity index (χ1) is 7.86. The van der Waals surface area contributed by atoms with E-state index in [0.717, 1.165) is 31.5 Å². The minimum atomic E-state index is -0.0510. The normalized spacial score (nSPS) is 20.1. The van der Waals surface area contributed by atoms with Crippen LogP contribution in [0, 0.1) is 0 Å². The van der Waals surface area contributed by atoms with Gasteiger partial charge in [0.25, 0.3) is 5.91 Å². The highest BCUT2D eigenvalue weighted by Gasteiger charge is 2.19. The number of piperidine rings is 1. The van der Waals surface area contributed by atoms with Crippen molar-refractivity contribution in [2.75, 3.05) is 12.0 Å². The van der Waals surface area contributed by atoms with Crippen LogP contribution < -0.4 is 16.2 Å². The van der Waals surface area contributed by atoms with Gasteiger partial charge in [0.05, 0.1) is 11.7 Å². The van der Waals surface area contributed by atoms with Gasteiger partial charge in [-0.2, -0.15) is 0 Å². The molecule has 1 aromatic rings. The molecule has 2 rings (SSSR count). The van der Waals surface area contributed by atoms with Gasteiger partial charge in [0.1, 0.15) is 0 Å². The van der Waals surface area contributed by atoms with Crippen LogP contribution in [0.4, 0.5) is 5.69 Å². The summed E-state index contributed by atoms with van der Waals surface area (Å²) >= 11 is 0. The van der Waals surface area contributed by atoms with E-state index in [1.165, 1.54) is 0 Å². The highest BCUT2D eigenvalue weighted by atomic mass is 16.2. The van der Waals surface area contributed by atoms with Crippen molar-refractivity contribution in [1.82, 2.24) is 10.7 Å². The van der Waals surface area contributed by atoms with Crippen LogP contribution in [0.2, 0.25) is 0 Å². The maximum absolute atomic E-state index is 11.7. The second-order valence-electron chi connectivity index (χ2n) is 3.98. The molecule has 1 heterocycles. The van der Waals surface area contributed by atoms with Crippen molar-refractivity contribution in [2.24, 2.45) is 0 Å². The third-order valence-corrected chi connectivity index (χ3v) is 2.73. The Morgan fingerprint density at radius 3 is 2.75 bits per heavy atom. The first-order valence-corrected chi connectivity index (χ1v) is 5.70. The van der Waals surface area contributed by atoms with Crippen LogP contribution >= 0.6 is 0 Å². The Balaban J connectivity index is 1.79. The summed E-state index contributed by atoms with van der Waals surface area (Å²) in [5.74, 6) is 0.0172. The fourth-order valence-corrected chi connectivity index (χ4v) is 1.82. The van der Waals surface area contributed by atoms with Crippen molar-refractivity contribution in [3.63, 3.8) is 0 Å². The van der Waals surface area contributed by atoms with E-state index in [2.05, 4.69) is 16.2 Å². The van der Waals surface area contributed by atoms with E-state index < -0.39 is 0 Å². The molecule has 3 N–H and O–H groups in total. The maximum Gasteiger partial charge on any atom is 0.255 e. The fraction of sp³-hybridized carbons (Fsp3) is 0.417. The number of carbonyl (C=O) groups excluding carboxylic acids is 1. The molecular weight excluding hydrogens is 202 g/mol. The molecule has 4 heteroatoms. The van der Waals surface area contributed by atoms with Crippen LogP contribution in [0.5, 0.6) is 0 Å². The zero-order chi connectivity index (χ0) is 11.2. The van der Waals surface area contributed by atoms with Crippen LogP contribution in [-0.4, -0.2) is 18.5 Å². The second kappa shape index (κ2) is 5.51. The fourth-order valence-electron chi connectivity index (χ4n) is 1.82. The number of hydrogen-bond acceptors (Lipinski definition) is 3. The molecular formula is C12H17N3O. The first kappa shape index (κ1) is 11.0. The number of benzene rings is 1. The molecule has 1 aliphatic heterocycles. The van der Waals surface area contributed by atoms with Crippen LogP contribution in [-0.2, 0) is 4.79 Å². The highest BCUT2D eigenvalue weighted by Crippen LogP contribution is 2.07. The summed E-state index contributed by atoms with van der Waals surface area (Å²) < 4.78 is 0. The lowest BCUT2D eigenvalue weighted by atomic mass is 10.0. The zero-order valence-electron chi connectivity index (χ0n) is 9.20. The number of hydrogen-bond donors (Lipinski definition) is 3. The monoisotopic (exact) mass is 219 g/mol. The molecule has 1 fully saturated rings. The molecule has 0 aromatic heterocycles. The molecule has 4 nitrogen and oxygen atoms in total. The molecule has 1 saturated heterocycles. The van der Waals surface area contributed by atoms with E-state index >= 15 is 0 Å². The Labute approximate surface area is 95.4 Å². The molecule has 1 amide bonds. The number of hydrazine groups is 1. The van der Waals surface area contributed by atoms with E-state index in [1.807, 2.05) is 30.3 Å². The number of nitrogens with one attached hydrogen (secondary N) is 3. The summed E-state index contributed by atoms with van der Waals surface area (Å²) in [6.45, 7) is 0.934. The molecule has 86 valence electrons. The number of amides is 1. The molecule has 0 saturated carbocycles. The molecule has 1 atom stereocenters. The van der Waals surface area contributed by atoms with Crippen molar-refractivity contribution in [2.45, 2.75) is 25.3 Å². The van der Waals surface area contributed by atoms with Crippen LogP contribution in [0.1, 0.15) is 19.3 Å². The Hall–Kier alpha value is -1.55. The third-order valence-electron chi connectivity index (χ3n) is 2.73. The summed E-state index contributed by atoms with van der Waals surface area (Å²) in [5, 5.41) is 3.20. The van der Waals surface area contributed by atoms with Gasteiger partial charge >= 0.3 is 0 Å². The lowest BCUT2D eigenvalue weighted by Gasteiger charge is -2.22. The topological polar surface area (TPSA) is 53.2 Å². The number of carbonyl (C=O) groups is 1. The van der Waals surface area contributed by atoms with Crippen molar-refractivity contribution >= 4 is 11.6 Å². The van der Waals surface area contributed by atoms with Crippen LogP contribution in [0.3, 0.4) is 0 Å². The van der Waals surface area contributed by atoms with Crippen molar-refractivity contribution < 1.29 is 4.79 Å². The molecule has 0 bridgehead atoms. The van der Waals surface area contributed by atoms with Crippen molar-refractivity contribution in [3.8, 4) is 0 Å². The van der Waals surface area contributed by atoms with Crippen molar-refractivity contribution in [3.05, 3.63) is 30.3 Å². The van der Waals surface area contributed by atoms with Crippen LogP contribution in [0.15, 0.2) is 30.3 Å². The standard InChI is InChI=1S/C12H17N3O/c16-12(11-8-4-5-9-13-11)15-14-10-6-2-1-3-7-10/h1-3,6-7,11,13-14H,4-5,8-9H2,(H,15,16)/t11-/m1/s1. The minimum absolute atomic E-state index is 0.0172. The molecule has 1 aromatic carbocycles. The van der Waals surface area contributed by atoms with E-state index in [0.29, 0.717) is 0 Å². The van der Waals surface area contributed by atoms with Gasteiger partial charge in [0, 0.05) is 0 Å². The lowest BCUT2D eigenvalue weighted by Crippen LogP contribution is -2.48. The molecule has 16 heavy (non-hydrogen) atoms. The number of anilines is 1. The van der Waals surface area contributed by atoms with Gasteiger partial charge < -0.3 is 5.32 Å². The minimum Gasteiger partial charge on any atom is -0.306 e. The van der Waals surface area contributed by atoms with E-state index in [4.69, 9.17) is 0 Å². The average molecular weight is 219 g/mol. The van der Waals surface area contributed by atoms with Crippen molar-refractivity contribution in [1.29, 1.82) is 0 Å². The van der Waals surface area contributed by atoms with E-state index in [1.54, 1.807) is 0 Å². The maximum atomic E-state index is 11.7. The van der Waals surface area contributed by atoms with Gasteiger partial charge in [-0.1, -0.05) is 24.6 Å². The molecule has 0 aliphatic carbocycles. The predicted molar refractivity (Wildman–Crippen MR) is 63.8 cm³/mol. The quantitative estimate of drug-likeness (QED) is 0.671. The van der Waals surface area contributed by atoms with Gasteiger partial charge in [-0.15, -0.1) is 0 Å². The smallest absolute Gasteiger partial charge is 0.255 e. The summed E-state index contributed by atoms with van der Waals surface area (Å²) in [6, 6.07) is 9.56. The Kier molecular flexibility index (Phi) is 3.77. The molecule has 0 radical (unpaired) electrons. The van der Waals surface area contributed by atoms with E-state index in [9.17, 15) is 4.79 Å². The van der Waals surface area contributed by atoms with Crippen LogP contribution in [0.25, 0.3) is 0 Å². The summed E-state index contributed by atoms with van der Waals surface area (Å²) in [6.07, 6.45) is 3.20. The van der Waals surface area contributed by atoms with Gasteiger partial charge in [-0.3, -0.25) is 15.6 Å². The highest BCUT2D eigenvalue weighted by molar-refractivity contribution is 5.82. The van der Waals surface area contributed by atoms with E-state index in [-0.39, 0.29) is 11.9 Å².